The predicted molar refractivity (Wildman–Crippen MR) is 106 cm³/mol. The molecule has 7 heteroatoms. The normalized spacial score (nSPS) is 14.6. The van der Waals surface area contributed by atoms with Crippen molar-refractivity contribution in [2.75, 3.05) is 18.1 Å². The summed E-state index contributed by atoms with van der Waals surface area (Å²) in [4.78, 5) is 38.2. The minimum Gasteiger partial charge on any atom is -0.452 e. The summed E-state index contributed by atoms with van der Waals surface area (Å²) >= 11 is 6.13. The SMILES string of the molecule is C[C@@H](NC(=O)COC(=O)c1ccccc1N1CCCC1=O)c1ccccc1Cl. The number of hydrogen-bond donors (Lipinski definition) is 1. The summed E-state index contributed by atoms with van der Waals surface area (Å²) in [7, 11) is 0. The van der Waals surface area contributed by atoms with Crippen LogP contribution in [0.5, 0.6) is 0 Å². The van der Waals surface area contributed by atoms with Crippen LogP contribution in [0, 0.1) is 0 Å². The second-order valence-electron chi connectivity index (χ2n) is 6.55. The molecule has 2 aromatic carbocycles. The van der Waals surface area contributed by atoms with E-state index in [-0.39, 0.29) is 17.5 Å². The van der Waals surface area contributed by atoms with Gasteiger partial charge in [-0.25, -0.2) is 4.79 Å². The number of anilines is 1. The number of rotatable bonds is 6. The van der Waals surface area contributed by atoms with Gasteiger partial charge in [0.15, 0.2) is 6.61 Å². The average molecular weight is 401 g/mol. The number of nitrogens with one attached hydrogen (secondary N) is 1. The lowest BCUT2D eigenvalue weighted by Gasteiger charge is -2.19. The maximum absolute atomic E-state index is 12.5. The first-order chi connectivity index (χ1) is 13.5. The van der Waals surface area contributed by atoms with E-state index < -0.39 is 18.5 Å². The summed E-state index contributed by atoms with van der Waals surface area (Å²) in [6.45, 7) is 1.95. The number of nitrogens with zero attached hydrogens (tertiary/aromatic N) is 1. The Morgan fingerprint density at radius 3 is 2.61 bits per heavy atom. The van der Waals surface area contributed by atoms with Gasteiger partial charge in [0.05, 0.1) is 17.3 Å². The molecule has 146 valence electrons. The first kappa shape index (κ1) is 19.9. The monoisotopic (exact) mass is 400 g/mol. The van der Waals surface area contributed by atoms with Crippen LogP contribution in [-0.4, -0.2) is 30.9 Å². The van der Waals surface area contributed by atoms with Crippen LogP contribution in [0.15, 0.2) is 48.5 Å². The molecule has 1 N–H and O–H groups in total. The van der Waals surface area contributed by atoms with E-state index in [1.165, 1.54) is 0 Å². The topological polar surface area (TPSA) is 75.7 Å². The smallest absolute Gasteiger partial charge is 0.340 e. The van der Waals surface area contributed by atoms with Crippen LogP contribution >= 0.6 is 11.6 Å². The summed E-state index contributed by atoms with van der Waals surface area (Å²) in [6.07, 6.45) is 1.22. The van der Waals surface area contributed by atoms with Crippen LogP contribution in [0.25, 0.3) is 0 Å². The predicted octanol–water partition coefficient (Wildman–Crippen LogP) is 3.50. The number of amides is 2. The molecule has 28 heavy (non-hydrogen) atoms. The van der Waals surface area contributed by atoms with Gasteiger partial charge in [0, 0.05) is 18.0 Å². The van der Waals surface area contributed by atoms with Gasteiger partial charge in [-0.15, -0.1) is 0 Å². The van der Waals surface area contributed by atoms with E-state index in [0.717, 1.165) is 12.0 Å². The van der Waals surface area contributed by atoms with E-state index in [2.05, 4.69) is 5.32 Å². The van der Waals surface area contributed by atoms with Crippen molar-refractivity contribution in [3.05, 3.63) is 64.7 Å². The van der Waals surface area contributed by atoms with Crippen molar-refractivity contribution in [3.8, 4) is 0 Å². The van der Waals surface area contributed by atoms with E-state index in [0.29, 0.717) is 23.7 Å². The zero-order valence-electron chi connectivity index (χ0n) is 15.5. The average Bonchev–Trinajstić information content (AvgIpc) is 3.12. The molecule has 0 aromatic heterocycles. The highest BCUT2D eigenvalue weighted by Gasteiger charge is 2.26. The Hall–Kier alpha value is -2.86. The van der Waals surface area contributed by atoms with Crippen LogP contribution in [0.1, 0.15) is 41.7 Å². The van der Waals surface area contributed by atoms with Crippen molar-refractivity contribution in [3.63, 3.8) is 0 Å². The number of carbonyl (C=O) groups is 3. The number of hydrogen-bond acceptors (Lipinski definition) is 4. The quantitative estimate of drug-likeness (QED) is 0.753. The number of esters is 1. The third kappa shape index (κ3) is 4.51. The van der Waals surface area contributed by atoms with Gasteiger partial charge in [0.25, 0.3) is 5.91 Å². The van der Waals surface area contributed by atoms with Crippen molar-refractivity contribution in [2.24, 2.45) is 0 Å². The van der Waals surface area contributed by atoms with Gasteiger partial charge in [-0.1, -0.05) is 41.9 Å². The van der Waals surface area contributed by atoms with E-state index in [9.17, 15) is 14.4 Å². The molecule has 1 aliphatic rings. The number of ether oxygens (including phenoxy) is 1. The Kier molecular flexibility index (Phi) is 6.31. The van der Waals surface area contributed by atoms with Crippen molar-refractivity contribution < 1.29 is 19.1 Å². The molecule has 6 nitrogen and oxygen atoms in total. The minimum atomic E-state index is -0.643. The van der Waals surface area contributed by atoms with Crippen LogP contribution in [-0.2, 0) is 14.3 Å². The Bertz CT molecular complexity index is 899. The van der Waals surface area contributed by atoms with Crippen LogP contribution in [0.3, 0.4) is 0 Å². The molecule has 2 aromatic rings. The van der Waals surface area contributed by atoms with E-state index in [1.807, 2.05) is 18.2 Å². The summed E-state index contributed by atoms with van der Waals surface area (Å²) in [6, 6.07) is 13.6. The van der Waals surface area contributed by atoms with E-state index >= 15 is 0 Å². The van der Waals surface area contributed by atoms with E-state index in [4.69, 9.17) is 16.3 Å². The van der Waals surface area contributed by atoms with Crippen LogP contribution < -0.4 is 10.2 Å². The van der Waals surface area contributed by atoms with Gasteiger partial charge in [0.2, 0.25) is 5.91 Å². The van der Waals surface area contributed by atoms with Gasteiger partial charge >= 0.3 is 5.97 Å². The van der Waals surface area contributed by atoms with Crippen molar-refractivity contribution in [1.82, 2.24) is 5.32 Å². The number of halogens is 1. The second-order valence-corrected chi connectivity index (χ2v) is 6.96. The van der Waals surface area contributed by atoms with Gasteiger partial charge < -0.3 is 15.0 Å². The zero-order valence-corrected chi connectivity index (χ0v) is 16.2. The van der Waals surface area contributed by atoms with Crippen LogP contribution in [0.2, 0.25) is 5.02 Å². The lowest BCUT2D eigenvalue weighted by Crippen LogP contribution is -2.31. The molecular formula is C21H21ClN2O4. The highest BCUT2D eigenvalue weighted by Crippen LogP contribution is 2.26. The molecule has 0 aliphatic carbocycles. The molecular weight excluding hydrogens is 380 g/mol. The molecule has 0 saturated carbocycles. The Labute approximate surface area is 168 Å². The molecule has 0 radical (unpaired) electrons. The van der Waals surface area contributed by atoms with Gasteiger partial charge in [0.1, 0.15) is 0 Å². The third-order valence-electron chi connectivity index (χ3n) is 4.57. The first-order valence-corrected chi connectivity index (χ1v) is 9.45. The third-order valence-corrected chi connectivity index (χ3v) is 4.92. The molecule has 1 saturated heterocycles. The Morgan fingerprint density at radius 2 is 1.89 bits per heavy atom. The molecule has 1 atom stereocenters. The Balaban J connectivity index is 1.61. The van der Waals surface area contributed by atoms with Gasteiger partial charge in [-0.05, 0) is 37.1 Å². The summed E-state index contributed by atoms with van der Waals surface area (Å²) < 4.78 is 5.17. The van der Waals surface area contributed by atoms with Crippen molar-refractivity contribution in [2.45, 2.75) is 25.8 Å². The summed E-state index contributed by atoms with van der Waals surface area (Å²) in [5, 5.41) is 3.31. The highest BCUT2D eigenvalue weighted by atomic mass is 35.5. The highest BCUT2D eigenvalue weighted by molar-refractivity contribution is 6.31. The van der Waals surface area contributed by atoms with Crippen molar-refractivity contribution in [1.29, 1.82) is 0 Å². The molecule has 0 unspecified atom stereocenters. The van der Waals surface area contributed by atoms with Gasteiger partial charge in [-0.2, -0.15) is 0 Å². The fraction of sp³-hybridized carbons (Fsp3) is 0.286. The molecule has 3 rings (SSSR count). The standard InChI is InChI=1S/C21H21ClN2O4/c1-14(15-7-2-4-9-17(15)22)23-19(25)13-28-21(27)16-8-3-5-10-18(16)24-12-6-11-20(24)26/h2-5,7-10,14H,6,11-13H2,1H3,(H,23,25)/t14-/m1/s1. The maximum Gasteiger partial charge on any atom is 0.340 e. The summed E-state index contributed by atoms with van der Waals surface area (Å²) in [5.74, 6) is -1.10. The maximum atomic E-state index is 12.5. The number of para-hydroxylation sites is 1. The van der Waals surface area contributed by atoms with Crippen molar-refractivity contribution >= 4 is 35.1 Å². The largest absolute Gasteiger partial charge is 0.452 e. The lowest BCUT2D eigenvalue weighted by molar-refractivity contribution is -0.125. The lowest BCUT2D eigenvalue weighted by atomic mass is 10.1. The molecule has 1 aliphatic heterocycles. The molecule has 0 bridgehead atoms. The second kappa shape index (κ2) is 8.89. The van der Waals surface area contributed by atoms with Gasteiger partial charge in [-0.3, -0.25) is 9.59 Å². The first-order valence-electron chi connectivity index (χ1n) is 9.07. The molecule has 1 fully saturated rings. The fourth-order valence-corrected chi connectivity index (χ4v) is 3.48. The minimum absolute atomic E-state index is 0.0217. The zero-order chi connectivity index (χ0) is 20.1. The fourth-order valence-electron chi connectivity index (χ4n) is 3.18. The van der Waals surface area contributed by atoms with E-state index in [1.54, 1.807) is 42.2 Å². The number of benzene rings is 2. The number of carbonyl (C=O) groups excluding carboxylic acids is 3. The van der Waals surface area contributed by atoms with Crippen LogP contribution in [0.4, 0.5) is 5.69 Å². The Morgan fingerprint density at radius 1 is 1.18 bits per heavy atom. The summed E-state index contributed by atoms with van der Waals surface area (Å²) in [5.41, 5.74) is 1.56. The molecule has 2 amide bonds. The molecule has 0 spiro atoms. The molecule has 1 heterocycles.